The van der Waals surface area contributed by atoms with Crippen LogP contribution in [0.4, 0.5) is 0 Å². The molecular formula is C11H14N2O3. The summed E-state index contributed by atoms with van der Waals surface area (Å²) in [6.45, 7) is 1.74. The summed E-state index contributed by atoms with van der Waals surface area (Å²) >= 11 is 0. The van der Waals surface area contributed by atoms with Crippen molar-refractivity contribution in [3.05, 3.63) is 24.0 Å². The zero-order valence-electron chi connectivity index (χ0n) is 9.10. The number of carbonyl (C=O) groups is 1. The average Bonchev–Trinajstić information content (AvgIpc) is 2.39. The van der Waals surface area contributed by atoms with Crippen LogP contribution in [0.1, 0.15) is 10.4 Å². The highest BCUT2D eigenvalue weighted by atomic mass is 16.5. The van der Waals surface area contributed by atoms with Gasteiger partial charge >= 0.3 is 0 Å². The number of methoxy groups -OCH3 is 1. The molecule has 5 nitrogen and oxygen atoms in total. The van der Waals surface area contributed by atoms with Crippen LogP contribution in [0.3, 0.4) is 0 Å². The molecule has 0 spiro atoms. The van der Waals surface area contributed by atoms with Gasteiger partial charge in [0.1, 0.15) is 5.75 Å². The molecule has 2 heterocycles. The minimum Gasteiger partial charge on any atom is -0.496 e. The maximum absolute atomic E-state index is 12.1. The Kier molecular flexibility index (Phi) is 3.48. The number of ether oxygens (including phenoxy) is 2. The van der Waals surface area contributed by atoms with Gasteiger partial charge in [-0.2, -0.15) is 0 Å². The van der Waals surface area contributed by atoms with E-state index in [9.17, 15) is 4.79 Å². The average molecular weight is 222 g/mol. The largest absolute Gasteiger partial charge is 0.496 e. The van der Waals surface area contributed by atoms with Crippen molar-refractivity contribution in [2.45, 2.75) is 6.04 Å². The van der Waals surface area contributed by atoms with Gasteiger partial charge in [-0.05, 0) is 6.07 Å². The van der Waals surface area contributed by atoms with Crippen molar-refractivity contribution < 1.29 is 14.3 Å². The van der Waals surface area contributed by atoms with E-state index in [4.69, 9.17) is 9.47 Å². The molecule has 5 heteroatoms. The van der Waals surface area contributed by atoms with Gasteiger partial charge in [0.05, 0.1) is 31.9 Å². The summed E-state index contributed by atoms with van der Waals surface area (Å²) in [6.07, 6.45) is 3.12. The van der Waals surface area contributed by atoms with E-state index in [-0.39, 0.29) is 11.8 Å². The minimum absolute atomic E-state index is 0.0374. The SMILES string of the molecule is COc1ccncc1C(=O)[C@H]1COCCN1. The lowest BCUT2D eigenvalue weighted by Crippen LogP contribution is -2.46. The molecule has 2 rings (SSSR count). The summed E-state index contributed by atoms with van der Waals surface area (Å²) < 4.78 is 10.4. The van der Waals surface area contributed by atoms with Crippen LogP contribution in [-0.4, -0.2) is 43.7 Å². The zero-order valence-corrected chi connectivity index (χ0v) is 9.10. The second-order valence-electron chi connectivity index (χ2n) is 3.52. The van der Waals surface area contributed by atoms with Crippen LogP contribution in [0.25, 0.3) is 0 Å². The number of morpholine rings is 1. The number of rotatable bonds is 3. The third kappa shape index (κ3) is 2.20. The fraction of sp³-hybridized carbons (Fsp3) is 0.455. The second kappa shape index (κ2) is 5.05. The molecule has 1 atom stereocenters. The molecule has 0 unspecified atom stereocenters. The monoisotopic (exact) mass is 222 g/mol. The molecule has 1 saturated heterocycles. The molecule has 1 aliphatic rings. The number of hydrogen-bond acceptors (Lipinski definition) is 5. The summed E-state index contributed by atoms with van der Waals surface area (Å²) in [6, 6.07) is 1.38. The van der Waals surface area contributed by atoms with E-state index in [0.29, 0.717) is 31.1 Å². The van der Waals surface area contributed by atoms with Crippen molar-refractivity contribution in [3.63, 3.8) is 0 Å². The van der Waals surface area contributed by atoms with Crippen molar-refractivity contribution in [3.8, 4) is 5.75 Å². The van der Waals surface area contributed by atoms with E-state index in [0.717, 1.165) is 0 Å². The number of hydrogen-bond donors (Lipinski definition) is 1. The first kappa shape index (κ1) is 11.0. The van der Waals surface area contributed by atoms with E-state index in [1.165, 1.54) is 13.3 Å². The smallest absolute Gasteiger partial charge is 0.187 e. The quantitative estimate of drug-likeness (QED) is 0.743. The Morgan fingerprint density at radius 1 is 1.69 bits per heavy atom. The number of nitrogens with zero attached hydrogens (tertiary/aromatic N) is 1. The lowest BCUT2D eigenvalue weighted by molar-refractivity contribution is 0.0605. The summed E-state index contributed by atoms with van der Waals surface area (Å²) in [5.41, 5.74) is 0.494. The zero-order chi connectivity index (χ0) is 11.4. The molecule has 16 heavy (non-hydrogen) atoms. The van der Waals surface area contributed by atoms with Crippen molar-refractivity contribution in [1.82, 2.24) is 10.3 Å². The summed E-state index contributed by atoms with van der Waals surface area (Å²) in [4.78, 5) is 16.1. The van der Waals surface area contributed by atoms with Crippen LogP contribution in [0.2, 0.25) is 0 Å². The minimum atomic E-state index is -0.299. The first-order chi connectivity index (χ1) is 7.83. The molecular weight excluding hydrogens is 208 g/mol. The van der Waals surface area contributed by atoms with Gasteiger partial charge in [-0.25, -0.2) is 0 Å². The number of pyridine rings is 1. The van der Waals surface area contributed by atoms with E-state index >= 15 is 0 Å². The Balaban J connectivity index is 2.19. The highest BCUT2D eigenvalue weighted by Gasteiger charge is 2.24. The molecule has 0 aliphatic carbocycles. The number of nitrogens with one attached hydrogen (secondary N) is 1. The van der Waals surface area contributed by atoms with Gasteiger partial charge < -0.3 is 14.8 Å². The highest BCUT2D eigenvalue weighted by Crippen LogP contribution is 2.18. The molecule has 0 bridgehead atoms. The molecule has 0 saturated carbocycles. The highest BCUT2D eigenvalue weighted by molar-refractivity contribution is 6.02. The molecule has 0 radical (unpaired) electrons. The summed E-state index contributed by atoms with van der Waals surface area (Å²) in [5, 5.41) is 3.11. The Morgan fingerprint density at radius 2 is 2.56 bits per heavy atom. The van der Waals surface area contributed by atoms with Gasteiger partial charge in [0.15, 0.2) is 5.78 Å². The second-order valence-corrected chi connectivity index (χ2v) is 3.52. The van der Waals surface area contributed by atoms with Gasteiger partial charge in [0, 0.05) is 18.9 Å². The molecule has 1 N–H and O–H groups in total. The van der Waals surface area contributed by atoms with Crippen molar-refractivity contribution in [1.29, 1.82) is 0 Å². The van der Waals surface area contributed by atoms with Crippen LogP contribution < -0.4 is 10.1 Å². The van der Waals surface area contributed by atoms with Crippen molar-refractivity contribution >= 4 is 5.78 Å². The molecule has 1 aliphatic heterocycles. The number of ketones is 1. The van der Waals surface area contributed by atoms with Crippen LogP contribution in [0.5, 0.6) is 5.75 Å². The lowest BCUT2D eigenvalue weighted by Gasteiger charge is -2.23. The van der Waals surface area contributed by atoms with Crippen molar-refractivity contribution in [2.75, 3.05) is 26.9 Å². The standard InChI is InChI=1S/C11H14N2O3/c1-15-10-2-3-12-6-8(10)11(14)9-7-16-5-4-13-9/h2-3,6,9,13H,4-5,7H2,1H3/t9-/m1/s1. The Bertz CT molecular complexity index is 375. The molecule has 1 aromatic heterocycles. The van der Waals surface area contributed by atoms with Gasteiger partial charge in [0.2, 0.25) is 0 Å². The normalized spacial score (nSPS) is 20.4. The topological polar surface area (TPSA) is 60.5 Å². The maximum atomic E-state index is 12.1. The number of aromatic nitrogens is 1. The molecule has 86 valence electrons. The van der Waals surface area contributed by atoms with E-state index < -0.39 is 0 Å². The lowest BCUT2D eigenvalue weighted by atomic mass is 10.1. The van der Waals surface area contributed by atoms with E-state index in [2.05, 4.69) is 10.3 Å². The Labute approximate surface area is 93.8 Å². The maximum Gasteiger partial charge on any atom is 0.187 e. The molecule has 0 amide bonds. The number of Topliss-reactive ketones (excluding diaryl/α,β-unsaturated/α-hetero) is 1. The van der Waals surface area contributed by atoms with E-state index in [1.807, 2.05) is 0 Å². The number of carbonyl (C=O) groups excluding carboxylic acids is 1. The predicted octanol–water partition coefficient (Wildman–Crippen LogP) is 0.261. The third-order valence-corrected chi connectivity index (χ3v) is 2.50. The fourth-order valence-corrected chi connectivity index (χ4v) is 1.67. The fourth-order valence-electron chi connectivity index (χ4n) is 1.67. The Morgan fingerprint density at radius 3 is 3.25 bits per heavy atom. The van der Waals surface area contributed by atoms with Crippen molar-refractivity contribution in [2.24, 2.45) is 0 Å². The van der Waals surface area contributed by atoms with Gasteiger partial charge in [0.25, 0.3) is 0 Å². The first-order valence-corrected chi connectivity index (χ1v) is 5.16. The first-order valence-electron chi connectivity index (χ1n) is 5.16. The van der Waals surface area contributed by atoms with Crippen LogP contribution >= 0.6 is 0 Å². The van der Waals surface area contributed by atoms with Gasteiger partial charge in [-0.3, -0.25) is 9.78 Å². The summed E-state index contributed by atoms with van der Waals surface area (Å²) in [7, 11) is 1.54. The van der Waals surface area contributed by atoms with E-state index in [1.54, 1.807) is 12.3 Å². The molecule has 0 aromatic carbocycles. The molecule has 1 aromatic rings. The Hall–Kier alpha value is -1.46. The van der Waals surface area contributed by atoms with Crippen LogP contribution in [0, 0.1) is 0 Å². The van der Waals surface area contributed by atoms with Crippen LogP contribution in [-0.2, 0) is 4.74 Å². The third-order valence-electron chi connectivity index (χ3n) is 2.50. The van der Waals surface area contributed by atoms with Crippen LogP contribution in [0.15, 0.2) is 18.5 Å². The summed E-state index contributed by atoms with van der Waals surface area (Å²) in [5.74, 6) is 0.511. The van der Waals surface area contributed by atoms with Gasteiger partial charge in [-0.1, -0.05) is 0 Å². The molecule has 1 fully saturated rings. The predicted molar refractivity (Wildman–Crippen MR) is 57.7 cm³/mol. The van der Waals surface area contributed by atoms with Gasteiger partial charge in [-0.15, -0.1) is 0 Å².